The van der Waals surface area contributed by atoms with Crippen molar-refractivity contribution in [2.75, 3.05) is 0 Å². The molecule has 2 N–H and O–H groups in total. The molecule has 0 bridgehead atoms. The van der Waals surface area contributed by atoms with Gasteiger partial charge in [-0.05, 0) is 65.7 Å². The van der Waals surface area contributed by atoms with Crippen molar-refractivity contribution in [1.29, 1.82) is 0 Å². The average Bonchev–Trinajstić information content (AvgIpc) is 3.14. The van der Waals surface area contributed by atoms with Gasteiger partial charge in [0.2, 0.25) is 9.84 Å². The van der Waals surface area contributed by atoms with Crippen molar-refractivity contribution < 1.29 is 18.6 Å². The van der Waals surface area contributed by atoms with Gasteiger partial charge in [0, 0.05) is 0 Å². The van der Waals surface area contributed by atoms with Crippen molar-refractivity contribution in [2.24, 2.45) is 0 Å². The predicted molar refractivity (Wildman–Crippen MR) is 87.1 cm³/mol. The van der Waals surface area contributed by atoms with Crippen molar-refractivity contribution >= 4 is 9.84 Å². The zero-order chi connectivity index (χ0) is 16.4. The molecule has 0 aromatic heterocycles. The molecular weight excluding hydrogens is 312 g/mol. The summed E-state index contributed by atoms with van der Waals surface area (Å²) in [7, 11) is -3.59. The molecule has 0 spiro atoms. The Kier molecular flexibility index (Phi) is 3.80. The zero-order valence-electron chi connectivity index (χ0n) is 12.0. The lowest BCUT2D eigenvalue weighted by atomic mass is 10.3. The fourth-order valence-corrected chi connectivity index (χ4v) is 3.32. The molecule has 4 nitrogen and oxygen atoms in total. The second kappa shape index (κ2) is 5.78. The molecule has 0 saturated carbocycles. The Balaban J connectivity index is 0.000000213. The van der Waals surface area contributed by atoms with E-state index < -0.39 is 9.84 Å². The molecule has 23 heavy (non-hydrogen) atoms. The van der Waals surface area contributed by atoms with E-state index in [0.717, 1.165) is 0 Å². The number of aromatic hydroxyl groups is 2. The monoisotopic (exact) mass is 326 g/mol. The molecule has 5 heteroatoms. The maximum Gasteiger partial charge on any atom is 0.206 e. The van der Waals surface area contributed by atoms with Gasteiger partial charge < -0.3 is 10.2 Å². The lowest BCUT2D eigenvalue weighted by molar-refractivity contribution is 0.474. The van der Waals surface area contributed by atoms with Crippen LogP contribution in [-0.4, -0.2) is 18.6 Å². The van der Waals surface area contributed by atoms with Crippen LogP contribution in [0.1, 0.15) is 0 Å². The third kappa shape index (κ3) is 3.35. The molecule has 0 heterocycles. The van der Waals surface area contributed by atoms with Crippen LogP contribution < -0.4 is 0 Å². The normalized spacial score (nSPS) is 11.3. The van der Waals surface area contributed by atoms with Crippen LogP contribution in [0.4, 0.5) is 0 Å². The van der Waals surface area contributed by atoms with Gasteiger partial charge in [-0.3, -0.25) is 0 Å². The van der Waals surface area contributed by atoms with Crippen LogP contribution in [0.25, 0.3) is 11.1 Å². The first kappa shape index (κ1) is 15.1. The molecule has 0 atom stereocenters. The summed E-state index contributed by atoms with van der Waals surface area (Å²) in [5.41, 5.74) is 2.85. The standard InChI is InChI=1S/C12H10O4S.C6H4/c13-9-1-5-11(6-2-9)17(15,16)12-7-3-10(14)4-8-12;1-2-5-4-6(5)3-1/h1-8,13-14H;1-4H. The number of sulfone groups is 1. The summed E-state index contributed by atoms with van der Waals surface area (Å²) in [6, 6.07) is 19.1. The summed E-state index contributed by atoms with van der Waals surface area (Å²) in [5, 5.41) is 18.2. The highest BCUT2D eigenvalue weighted by Gasteiger charge is 2.17. The Morgan fingerprint density at radius 3 is 1.26 bits per heavy atom. The van der Waals surface area contributed by atoms with Crippen LogP contribution in [-0.2, 0) is 9.84 Å². The molecule has 0 fully saturated rings. The van der Waals surface area contributed by atoms with Gasteiger partial charge in [-0.1, -0.05) is 18.2 Å². The molecule has 2 aromatic carbocycles. The minimum absolute atomic E-state index is 0.00894. The largest absolute Gasteiger partial charge is 0.508 e. The molecule has 2 aromatic rings. The maximum absolute atomic E-state index is 12.1. The van der Waals surface area contributed by atoms with Gasteiger partial charge in [-0.25, -0.2) is 8.42 Å². The third-order valence-corrected chi connectivity index (χ3v) is 5.19. The Morgan fingerprint density at radius 1 is 0.609 bits per heavy atom. The molecule has 0 radical (unpaired) electrons. The molecule has 4 rings (SSSR count). The first-order valence-electron chi connectivity index (χ1n) is 6.90. The van der Waals surface area contributed by atoms with E-state index in [-0.39, 0.29) is 21.3 Å². The maximum atomic E-state index is 12.1. The molecule has 0 aliphatic heterocycles. The van der Waals surface area contributed by atoms with E-state index in [4.69, 9.17) is 10.2 Å². The molecule has 0 amide bonds. The van der Waals surface area contributed by atoms with E-state index in [1.54, 1.807) is 0 Å². The molecule has 2 aliphatic carbocycles. The predicted octanol–water partition coefficient (Wildman–Crippen LogP) is 3.60. The van der Waals surface area contributed by atoms with Crippen LogP contribution in [0.5, 0.6) is 11.5 Å². The highest BCUT2D eigenvalue weighted by Crippen LogP contribution is 2.32. The number of hydrogen-bond acceptors (Lipinski definition) is 4. The smallest absolute Gasteiger partial charge is 0.206 e. The topological polar surface area (TPSA) is 74.6 Å². The van der Waals surface area contributed by atoms with Crippen molar-refractivity contribution in [1.82, 2.24) is 0 Å². The summed E-state index contributed by atoms with van der Waals surface area (Å²) in [4.78, 5) is 0.196. The lowest BCUT2D eigenvalue weighted by Crippen LogP contribution is -2.01. The highest BCUT2D eigenvalue weighted by atomic mass is 32.2. The van der Waals surface area contributed by atoms with E-state index in [1.807, 2.05) is 0 Å². The second-order valence-corrected chi connectivity index (χ2v) is 7.02. The van der Waals surface area contributed by atoms with Crippen molar-refractivity contribution in [3.8, 4) is 22.6 Å². The Labute approximate surface area is 134 Å². The molecule has 2 aliphatic rings. The summed E-state index contributed by atoms with van der Waals surface area (Å²) < 4.78 is 24.2. The first-order valence-corrected chi connectivity index (χ1v) is 8.39. The van der Waals surface area contributed by atoms with E-state index in [9.17, 15) is 8.42 Å². The fourth-order valence-electron chi connectivity index (χ4n) is 2.06. The summed E-state index contributed by atoms with van der Waals surface area (Å²) in [6.07, 6.45) is 0. The van der Waals surface area contributed by atoms with Crippen LogP contribution in [0.2, 0.25) is 0 Å². The number of phenols is 2. The van der Waals surface area contributed by atoms with Gasteiger partial charge in [-0.2, -0.15) is 0 Å². The van der Waals surface area contributed by atoms with E-state index in [0.29, 0.717) is 0 Å². The van der Waals surface area contributed by atoms with E-state index >= 15 is 0 Å². The van der Waals surface area contributed by atoms with Crippen molar-refractivity contribution in [2.45, 2.75) is 9.79 Å². The van der Waals surface area contributed by atoms with Gasteiger partial charge in [0.1, 0.15) is 11.5 Å². The molecule has 116 valence electrons. The van der Waals surface area contributed by atoms with Gasteiger partial charge in [0.15, 0.2) is 0 Å². The molecule has 0 saturated heterocycles. The first-order chi connectivity index (χ1) is 11.0. The van der Waals surface area contributed by atoms with Gasteiger partial charge in [-0.15, -0.1) is 0 Å². The SMILES string of the molecule is O=S(=O)(c1ccc(O)cc1)c1ccc(O)cc1.c1cc2cc-2c1. The van der Waals surface area contributed by atoms with Crippen molar-refractivity contribution in [3.63, 3.8) is 0 Å². The second-order valence-electron chi connectivity index (χ2n) is 5.07. The minimum atomic E-state index is -3.59. The van der Waals surface area contributed by atoms with E-state index in [1.165, 1.54) is 59.7 Å². The summed E-state index contributed by atoms with van der Waals surface area (Å²) >= 11 is 0. The Bertz CT molecular complexity index is 859. The Morgan fingerprint density at radius 2 is 1.00 bits per heavy atom. The van der Waals surface area contributed by atoms with Gasteiger partial charge >= 0.3 is 0 Å². The van der Waals surface area contributed by atoms with Crippen molar-refractivity contribution in [3.05, 3.63) is 72.8 Å². The van der Waals surface area contributed by atoms with Crippen LogP contribution in [0.15, 0.2) is 82.6 Å². The summed E-state index contributed by atoms with van der Waals surface area (Å²) in [5.74, 6) is 0.0179. The number of hydrogen-bond donors (Lipinski definition) is 2. The summed E-state index contributed by atoms with van der Waals surface area (Å²) in [6.45, 7) is 0. The quantitative estimate of drug-likeness (QED) is 0.590. The van der Waals surface area contributed by atoms with Crippen LogP contribution >= 0.6 is 0 Å². The number of rotatable bonds is 2. The van der Waals surface area contributed by atoms with E-state index in [2.05, 4.69) is 24.3 Å². The van der Waals surface area contributed by atoms with Crippen LogP contribution in [0, 0.1) is 0 Å². The number of phenolic OH excluding ortho intramolecular Hbond substituents is 2. The third-order valence-electron chi connectivity index (χ3n) is 3.41. The average molecular weight is 326 g/mol. The van der Waals surface area contributed by atoms with Crippen LogP contribution in [0.3, 0.4) is 0 Å². The van der Waals surface area contributed by atoms with Gasteiger partial charge in [0.05, 0.1) is 9.79 Å². The zero-order valence-corrected chi connectivity index (χ0v) is 12.9. The fraction of sp³-hybridized carbons (Fsp3) is 0. The highest BCUT2D eigenvalue weighted by molar-refractivity contribution is 7.91. The minimum Gasteiger partial charge on any atom is -0.508 e. The number of fused-ring (bicyclic) bond motifs is 1. The molecule has 0 unspecified atom stereocenters. The lowest BCUT2D eigenvalue weighted by Gasteiger charge is -2.04. The Hall–Kier alpha value is -2.79. The number of benzene rings is 3. The molecular formula is C18H14O4S. The van der Waals surface area contributed by atoms with Gasteiger partial charge in [0.25, 0.3) is 0 Å².